The van der Waals surface area contributed by atoms with Crippen LogP contribution in [0.5, 0.6) is 17.2 Å². The lowest BCUT2D eigenvalue weighted by atomic mass is 9.84. The van der Waals surface area contributed by atoms with Crippen molar-refractivity contribution >= 4 is 34.4 Å². The van der Waals surface area contributed by atoms with Crippen molar-refractivity contribution in [3.8, 4) is 17.2 Å². The first-order chi connectivity index (χ1) is 19.6. The molecule has 0 radical (unpaired) electrons. The number of hydrogen-bond donors (Lipinski definition) is 2. The highest BCUT2D eigenvalue weighted by Crippen LogP contribution is 2.43. The summed E-state index contributed by atoms with van der Waals surface area (Å²) in [5.74, 6) is 0.207. The maximum atomic E-state index is 13.7. The fraction of sp³-hybridized carbons (Fsp3) is 0.281. The lowest BCUT2D eigenvalue weighted by Crippen LogP contribution is -2.30. The van der Waals surface area contributed by atoms with E-state index in [1.165, 1.54) is 4.90 Å². The molecule has 1 saturated heterocycles. The highest BCUT2D eigenvalue weighted by atomic mass is 16.5. The minimum absolute atomic E-state index is 0.0396. The van der Waals surface area contributed by atoms with Gasteiger partial charge in [0.05, 0.1) is 43.5 Å². The number of H-pyrrole nitrogens is 1. The molecule has 5 rings (SSSR count). The van der Waals surface area contributed by atoms with E-state index < -0.39 is 17.7 Å². The van der Waals surface area contributed by atoms with Gasteiger partial charge in [-0.2, -0.15) is 0 Å². The summed E-state index contributed by atoms with van der Waals surface area (Å²) in [6.45, 7) is 8.52. The van der Waals surface area contributed by atoms with E-state index in [9.17, 15) is 14.7 Å². The number of imidazole rings is 1. The Kier molecular flexibility index (Phi) is 7.21. The average molecular weight is 556 g/mol. The van der Waals surface area contributed by atoms with E-state index in [4.69, 9.17) is 14.2 Å². The van der Waals surface area contributed by atoms with E-state index in [1.807, 2.05) is 33.8 Å². The molecule has 9 nitrogen and oxygen atoms in total. The molecular weight excluding hydrogens is 522 g/mol. The molecule has 2 N–H and O–H groups in total. The largest absolute Gasteiger partial charge is 0.507 e. The molecule has 1 fully saturated rings. The van der Waals surface area contributed by atoms with E-state index in [-0.39, 0.29) is 22.7 Å². The van der Waals surface area contributed by atoms with Crippen LogP contribution in [0.4, 0.5) is 5.95 Å². The summed E-state index contributed by atoms with van der Waals surface area (Å²) in [5.41, 5.74) is 2.76. The second-order valence-corrected chi connectivity index (χ2v) is 10.8. The summed E-state index contributed by atoms with van der Waals surface area (Å²) in [6.07, 6.45) is 0. The molecule has 1 unspecified atom stereocenters. The fourth-order valence-electron chi connectivity index (χ4n) is 5.07. The van der Waals surface area contributed by atoms with Gasteiger partial charge in [0.25, 0.3) is 5.78 Å². The molecule has 212 valence electrons. The molecule has 0 bridgehead atoms. The third-order valence-corrected chi connectivity index (χ3v) is 7.14. The van der Waals surface area contributed by atoms with Crippen molar-refractivity contribution in [1.82, 2.24) is 9.97 Å². The Labute approximate surface area is 238 Å². The molecule has 1 aromatic heterocycles. The van der Waals surface area contributed by atoms with Crippen molar-refractivity contribution in [2.75, 3.05) is 25.7 Å². The second kappa shape index (κ2) is 10.6. The molecule has 41 heavy (non-hydrogen) atoms. The van der Waals surface area contributed by atoms with Crippen LogP contribution in [-0.4, -0.2) is 47.6 Å². The van der Waals surface area contributed by atoms with Crippen molar-refractivity contribution in [2.45, 2.75) is 39.2 Å². The zero-order valence-electron chi connectivity index (χ0n) is 23.9. The number of carbonyl (C=O) groups is 2. The van der Waals surface area contributed by atoms with Crippen LogP contribution >= 0.6 is 0 Å². The predicted octanol–water partition coefficient (Wildman–Crippen LogP) is 5.90. The van der Waals surface area contributed by atoms with Crippen molar-refractivity contribution < 1.29 is 28.9 Å². The van der Waals surface area contributed by atoms with Crippen LogP contribution in [-0.2, 0) is 15.0 Å². The molecule has 1 amide bonds. The number of nitrogens with one attached hydrogen (secondary N) is 1. The lowest BCUT2D eigenvalue weighted by Gasteiger charge is -2.25. The van der Waals surface area contributed by atoms with Gasteiger partial charge in [-0.15, -0.1) is 0 Å². The Morgan fingerprint density at radius 2 is 1.66 bits per heavy atom. The van der Waals surface area contributed by atoms with Gasteiger partial charge in [-0.25, -0.2) is 4.98 Å². The molecule has 2 heterocycles. The molecule has 0 saturated carbocycles. The Morgan fingerprint density at radius 1 is 0.976 bits per heavy atom. The monoisotopic (exact) mass is 555 g/mol. The number of nitrogens with zero attached hydrogens (tertiary/aromatic N) is 2. The van der Waals surface area contributed by atoms with Gasteiger partial charge in [-0.3, -0.25) is 14.5 Å². The third-order valence-electron chi connectivity index (χ3n) is 7.14. The van der Waals surface area contributed by atoms with Crippen LogP contribution in [0.1, 0.15) is 50.4 Å². The Balaban J connectivity index is 1.71. The standard InChI is InChI=1S/C32H33N3O6/c1-7-41-25-15-10-19(16-22(25)32(2,3)4)28(36)26-27(18-8-11-20(39-5)12-9-18)35(30(38)29(26)37)31-33-23-14-13-21(40-6)17-24(23)34-31/h8-17,27,36H,7H2,1-6H3,(H,33,34)/b28-26+. The van der Waals surface area contributed by atoms with Crippen LogP contribution in [0.2, 0.25) is 0 Å². The fourth-order valence-corrected chi connectivity index (χ4v) is 5.07. The lowest BCUT2D eigenvalue weighted by molar-refractivity contribution is -0.132. The number of ether oxygens (including phenoxy) is 3. The number of benzene rings is 3. The summed E-state index contributed by atoms with van der Waals surface area (Å²) in [5, 5.41) is 11.7. The maximum Gasteiger partial charge on any atom is 0.302 e. The van der Waals surface area contributed by atoms with Gasteiger partial charge >= 0.3 is 5.91 Å². The van der Waals surface area contributed by atoms with E-state index in [2.05, 4.69) is 9.97 Å². The van der Waals surface area contributed by atoms with E-state index in [0.29, 0.717) is 46.0 Å². The number of Topliss-reactive ketones (excluding diaryl/α,β-unsaturated/α-hetero) is 1. The minimum atomic E-state index is -0.951. The molecule has 1 atom stereocenters. The molecule has 1 aliphatic heterocycles. The molecule has 4 aromatic rings. The summed E-state index contributed by atoms with van der Waals surface area (Å²) >= 11 is 0. The zero-order chi connectivity index (χ0) is 29.5. The van der Waals surface area contributed by atoms with Crippen LogP contribution in [0.3, 0.4) is 0 Å². The smallest absolute Gasteiger partial charge is 0.302 e. The Hall–Kier alpha value is -4.79. The van der Waals surface area contributed by atoms with Crippen LogP contribution in [0.25, 0.3) is 16.8 Å². The molecule has 9 heteroatoms. The third kappa shape index (κ3) is 4.99. The minimum Gasteiger partial charge on any atom is -0.507 e. The number of ketones is 1. The summed E-state index contributed by atoms with van der Waals surface area (Å²) in [6, 6.07) is 16.6. The topological polar surface area (TPSA) is 114 Å². The van der Waals surface area contributed by atoms with E-state index in [1.54, 1.807) is 68.8 Å². The SMILES string of the molecule is CCOc1ccc(/C(O)=C2\C(=O)C(=O)N(c3nc4ccc(OC)cc4[nH]3)C2c2ccc(OC)cc2)cc1C(C)(C)C. The number of methoxy groups -OCH3 is 2. The van der Waals surface area contributed by atoms with Crippen LogP contribution in [0, 0.1) is 0 Å². The number of amides is 1. The van der Waals surface area contributed by atoms with Crippen molar-refractivity contribution in [1.29, 1.82) is 0 Å². The molecular formula is C32H33N3O6. The average Bonchev–Trinajstić information content (AvgIpc) is 3.49. The first-order valence-corrected chi connectivity index (χ1v) is 13.3. The second-order valence-electron chi connectivity index (χ2n) is 10.8. The highest BCUT2D eigenvalue weighted by molar-refractivity contribution is 6.51. The van der Waals surface area contributed by atoms with Gasteiger partial charge in [0.2, 0.25) is 5.95 Å². The number of aliphatic hydroxyl groups is 1. The number of carbonyl (C=O) groups excluding carboxylic acids is 2. The number of rotatable bonds is 7. The number of hydrogen-bond acceptors (Lipinski definition) is 7. The van der Waals surface area contributed by atoms with Crippen molar-refractivity contribution in [3.05, 3.63) is 82.9 Å². The normalized spacial score (nSPS) is 16.8. The Bertz CT molecular complexity index is 1660. The zero-order valence-corrected chi connectivity index (χ0v) is 23.9. The number of aliphatic hydroxyl groups excluding tert-OH is 1. The van der Waals surface area contributed by atoms with Crippen LogP contribution in [0.15, 0.2) is 66.2 Å². The van der Waals surface area contributed by atoms with Gasteiger partial charge in [-0.1, -0.05) is 32.9 Å². The number of fused-ring (bicyclic) bond motifs is 1. The van der Waals surface area contributed by atoms with Crippen molar-refractivity contribution in [3.63, 3.8) is 0 Å². The van der Waals surface area contributed by atoms with Gasteiger partial charge < -0.3 is 24.3 Å². The maximum absolute atomic E-state index is 13.7. The quantitative estimate of drug-likeness (QED) is 0.166. The molecule has 0 spiro atoms. The Morgan fingerprint density at radius 3 is 2.29 bits per heavy atom. The van der Waals surface area contributed by atoms with E-state index in [0.717, 1.165) is 5.56 Å². The number of aromatic amines is 1. The molecule has 3 aromatic carbocycles. The predicted molar refractivity (Wildman–Crippen MR) is 157 cm³/mol. The number of anilines is 1. The van der Waals surface area contributed by atoms with Gasteiger partial charge in [0.1, 0.15) is 23.0 Å². The first kappa shape index (κ1) is 27.8. The summed E-state index contributed by atoms with van der Waals surface area (Å²) in [7, 11) is 3.12. The molecule has 1 aliphatic rings. The van der Waals surface area contributed by atoms with Gasteiger partial charge in [0.15, 0.2) is 0 Å². The molecule has 0 aliphatic carbocycles. The summed E-state index contributed by atoms with van der Waals surface area (Å²) < 4.78 is 16.5. The number of aromatic nitrogens is 2. The van der Waals surface area contributed by atoms with Gasteiger partial charge in [-0.05, 0) is 60.4 Å². The summed E-state index contributed by atoms with van der Waals surface area (Å²) in [4.78, 5) is 36.3. The van der Waals surface area contributed by atoms with Crippen LogP contribution < -0.4 is 19.1 Å². The van der Waals surface area contributed by atoms with Gasteiger partial charge in [0, 0.05) is 17.2 Å². The highest BCUT2D eigenvalue weighted by Gasteiger charge is 2.48. The first-order valence-electron chi connectivity index (χ1n) is 13.3. The van der Waals surface area contributed by atoms with Crippen molar-refractivity contribution in [2.24, 2.45) is 0 Å². The van der Waals surface area contributed by atoms with E-state index >= 15 is 0 Å².